The van der Waals surface area contributed by atoms with Crippen LogP contribution in [-0.2, 0) is 22.7 Å². The predicted molar refractivity (Wildman–Crippen MR) is 175 cm³/mol. The van der Waals surface area contributed by atoms with E-state index in [2.05, 4.69) is 60.7 Å². The summed E-state index contributed by atoms with van der Waals surface area (Å²) in [4.78, 5) is 30.5. The van der Waals surface area contributed by atoms with Crippen molar-refractivity contribution in [3.8, 4) is 5.75 Å². The van der Waals surface area contributed by atoms with Crippen molar-refractivity contribution >= 4 is 39.1 Å². The van der Waals surface area contributed by atoms with Gasteiger partial charge in [0, 0.05) is 52.9 Å². The van der Waals surface area contributed by atoms with Gasteiger partial charge in [-0.2, -0.15) is 0 Å². The molecule has 3 aromatic rings. The Hall–Kier alpha value is -3.15. The minimum atomic E-state index is -0.400. The lowest BCUT2D eigenvalue weighted by Crippen LogP contribution is -2.44. The topological polar surface area (TPSA) is 46.6 Å². The zero-order chi connectivity index (χ0) is 30.5. The average Bonchev–Trinajstić information content (AvgIpc) is 2.92. The van der Waals surface area contributed by atoms with Gasteiger partial charge in [0.1, 0.15) is 12.4 Å². The van der Waals surface area contributed by atoms with Gasteiger partial charge in [-0.05, 0) is 80.6 Å². The van der Waals surface area contributed by atoms with E-state index >= 15 is 0 Å². The van der Waals surface area contributed by atoms with Crippen LogP contribution in [0.15, 0.2) is 99.8 Å². The van der Waals surface area contributed by atoms with E-state index in [9.17, 15) is 9.59 Å². The zero-order valence-corrected chi connectivity index (χ0v) is 27.5. The molecule has 0 spiro atoms. The predicted octanol–water partition coefficient (Wildman–Crippen LogP) is 9.57. The van der Waals surface area contributed by atoms with Gasteiger partial charge in [-0.1, -0.05) is 87.8 Å². The summed E-state index contributed by atoms with van der Waals surface area (Å²) in [5.41, 5.74) is 6.43. The van der Waals surface area contributed by atoms with Gasteiger partial charge in [-0.15, -0.1) is 0 Å². The summed E-state index contributed by atoms with van der Waals surface area (Å²) < 4.78 is 6.93. The van der Waals surface area contributed by atoms with Gasteiger partial charge in [-0.25, -0.2) is 0 Å². The molecule has 0 saturated heterocycles. The van der Waals surface area contributed by atoms with Gasteiger partial charge in [0.25, 0.3) is 0 Å². The molecule has 0 atom stereocenters. The molecule has 1 aliphatic heterocycles. The van der Waals surface area contributed by atoms with Crippen LogP contribution >= 0.6 is 27.5 Å². The monoisotopic (exact) mass is 657 g/mol. The molecule has 0 N–H and O–H groups in total. The number of hydrogen-bond acceptors (Lipinski definition) is 4. The summed E-state index contributed by atoms with van der Waals surface area (Å²) in [6.07, 6.45) is 2.49. The van der Waals surface area contributed by atoms with E-state index in [1.54, 1.807) is 0 Å². The first-order valence-electron chi connectivity index (χ1n) is 14.9. The Labute approximate surface area is 267 Å². The molecular formula is C37H37BrClNO3. The van der Waals surface area contributed by atoms with E-state index in [1.807, 2.05) is 60.7 Å². The van der Waals surface area contributed by atoms with Gasteiger partial charge in [0.05, 0.1) is 4.47 Å². The Kier molecular flexibility index (Phi) is 7.93. The molecule has 0 radical (unpaired) electrons. The molecule has 0 amide bonds. The molecule has 0 unspecified atom stereocenters. The maximum atomic E-state index is 14.1. The number of hydrogen-bond donors (Lipinski definition) is 0. The normalized spacial score (nSPS) is 19.8. The molecule has 0 bridgehead atoms. The minimum Gasteiger partial charge on any atom is -0.488 e. The maximum Gasteiger partial charge on any atom is 0.162 e. The molecule has 6 rings (SSSR count). The van der Waals surface area contributed by atoms with Crippen LogP contribution in [0.3, 0.4) is 0 Å². The van der Waals surface area contributed by atoms with Gasteiger partial charge in [-0.3, -0.25) is 9.59 Å². The number of rotatable bonds is 6. The van der Waals surface area contributed by atoms with Crippen molar-refractivity contribution in [3.63, 3.8) is 0 Å². The second-order valence-electron chi connectivity index (χ2n) is 13.7. The molecule has 3 aliphatic rings. The lowest BCUT2D eigenvalue weighted by Gasteiger charge is -2.49. The second-order valence-corrected chi connectivity index (χ2v) is 15.0. The summed E-state index contributed by atoms with van der Waals surface area (Å²) in [7, 11) is 0. The maximum absolute atomic E-state index is 14.1. The van der Waals surface area contributed by atoms with Crippen molar-refractivity contribution in [2.45, 2.75) is 72.4 Å². The SMILES string of the molecule is CC1(C)CC(=O)C2=C(C1)N(Cc1ccccc1)C1=C(C(=O)CC(C)(C)C1)C2c1ccc(OCc2cccc(Cl)c2)c(Br)c1. The largest absolute Gasteiger partial charge is 0.488 e. The first-order chi connectivity index (χ1) is 20.4. The number of carbonyl (C=O) groups excluding carboxylic acids is 2. The molecule has 0 fully saturated rings. The number of halogens is 2. The molecule has 2 aliphatic carbocycles. The molecule has 4 nitrogen and oxygen atoms in total. The van der Waals surface area contributed by atoms with Crippen LogP contribution < -0.4 is 4.74 Å². The molecule has 43 heavy (non-hydrogen) atoms. The van der Waals surface area contributed by atoms with Crippen LogP contribution in [0.4, 0.5) is 0 Å². The summed E-state index contributed by atoms with van der Waals surface area (Å²) in [5.74, 6) is 0.565. The highest BCUT2D eigenvalue weighted by molar-refractivity contribution is 9.10. The van der Waals surface area contributed by atoms with Gasteiger partial charge < -0.3 is 9.64 Å². The van der Waals surface area contributed by atoms with E-state index in [1.165, 1.54) is 0 Å². The molecule has 6 heteroatoms. The first-order valence-corrected chi connectivity index (χ1v) is 16.1. The van der Waals surface area contributed by atoms with Crippen molar-refractivity contribution in [3.05, 3.63) is 122 Å². The van der Waals surface area contributed by atoms with Gasteiger partial charge in [0.2, 0.25) is 0 Å². The van der Waals surface area contributed by atoms with E-state index in [0.29, 0.717) is 36.8 Å². The minimum absolute atomic E-state index is 0.135. The summed E-state index contributed by atoms with van der Waals surface area (Å²) in [6, 6.07) is 24.0. The second kappa shape index (κ2) is 11.4. The number of benzene rings is 3. The van der Waals surface area contributed by atoms with E-state index < -0.39 is 5.92 Å². The molecular weight excluding hydrogens is 622 g/mol. The van der Waals surface area contributed by atoms with E-state index in [0.717, 1.165) is 56.5 Å². The van der Waals surface area contributed by atoms with Crippen LogP contribution in [0.1, 0.15) is 76.0 Å². The molecule has 0 aromatic heterocycles. The first kappa shape index (κ1) is 29.9. The van der Waals surface area contributed by atoms with Crippen molar-refractivity contribution < 1.29 is 14.3 Å². The standard InChI is InChI=1S/C37H37BrClNO3/c1-36(2)17-28-34(30(41)19-36)33(25-13-14-32(27(38)16-25)43-22-24-11-8-12-26(39)15-24)35-29(18-37(3,4)20-31(35)42)40(28)21-23-9-6-5-7-10-23/h5-16,33H,17-22H2,1-4H3. The number of allylic oxidation sites excluding steroid dienone is 4. The van der Waals surface area contributed by atoms with Crippen LogP contribution in [0.2, 0.25) is 5.02 Å². The smallest absolute Gasteiger partial charge is 0.162 e. The molecule has 0 saturated carbocycles. The Morgan fingerprint density at radius 3 is 1.98 bits per heavy atom. The van der Waals surface area contributed by atoms with Crippen molar-refractivity contribution in [1.29, 1.82) is 0 Å². The van der Waals surface area contributed by atoms with Crippen molar-refractivity contribution in [1.82, 2.24) is 4.90 Å². The molecule has 3 aromatic carbocycles. The van der Waals surface area contributed by atoms with Gasteiger partial charge >= 0.3 is 0 Å². The lowest BCUT2D eigenvalue weighted by atomic mass is 9.63. The number of carbonyl (C=O) groups is 2. The lowest BCUT2D eigenvalue weighted by molar-refractivity contribution is -0.119. The van der Waals surface area contributed by atoms with E-state index in [-0.39, 0.29) is 22.4 Å². The number of ether oxygens (including phenoxy) is 1. The van der Waals surface area contributed by atoms with Gasteiger partial charge in [0.15, 0.2) is 11.6 Å². The Morgan fingerprint density at radius 2 is 1.40 bits per heavy atom. The fourth-order valence-electron chi connectivity index (χ4n) is 6.94. The molecule has 1 heterocycles. The Bertz CT molecular complexity index is 1620. The van der Waals surface area contributed by atoms with E-state index in [4.69, 9.17) is 16.3 Å². The fourth-order valence-corrected chi connectivity index (χ4v) is 7.66. The number of Topliss-reactive ketones (excluding diaryl/α,β-unsaturated/α-hetero) is 2. The van der Waals surface area contributed by atoms with Crippen LogP contribution in [0, 0.1) is 10.8 Å². The Morgan fingerprint density at radius 1 is 0.791 bits per heavy atom. The third-order valence-corrected chi connectivity index (χ3v) is 9.63. The fraction of sp³-hybridized carbons (Fsp3) is 0.351. The van der Waals surface area contributed by atoms with Crippen LogP contribution in [0.25, 0.3) is 0 Å². The highest BCUT2D eigenvalue weighted by atomic mass is 79.9. The van der Waals surface area contributed by atoms with Crippen LogP contribution in [-0.4, -0.2) is 16.5 Å². The number of nitrogens with zero attached hydrogens (tertiary/aromatic N) is 1. The average molecular weight is 659 g/mol. The number of ketones is 2. The Balaban J connectivity index is 1.46. The third kappa shape index (κ3) is 6.12. The van der Waals surface area contributed by atoms with Crippen molar-refractivity contribution in [2.24, 2.45) is 10.8 Å². The highest BCUT2D eigenvalue weighted by Crippen LogP contribution is 2.55. The summed E-state index contributed by atoms with van der Waals surface area (Å²) in [5, 5.41) is 0.669. The summed E-state index contributed by atoms with van der Waals surface area (Å²) in [6.45, 7) is 9.71. The van der Waals surface area contributed by atoms with Crippen molar-refractivity contribution in [2.75, 3.05) is 0 Å². The van der Waals surface area contributed by atoms with Crippen LogP contribution in [0.5, 0.6) is 5.75 Å². The zero-order valence-electron chi connectivity index (χ0n) is 25.2. The summed E-state index contributed by atoms with van der Waals surface area (Å²) >= 11 is 9.90. The third-order valence-electron chi connectivity index (χ3n) is 8.78. The quantitative estimate of drug-likeness (QED) is 0.265. The molecule has 222 valence electrons. The highest BCUT2D eigenvalue weighted by Gasteiger charge is 2.49.